The molecule has 0 bridgehead atoms. The molecule has 2 aromatic rings. The van der Waals surface area contributed by atoms with Crippen molar-refractivity contribution in [3.05, 3.63) is 76.5 Å². The van der Waals surface area contributed by atoms with Gasteiger partial charge in [-0.2, -0.15) is 23.7 Å². The fraction of sp³-hybridized carbons (Fsp3) is 0.0556. The third-order valence-electron chi connectivity index (χ3n) is 3.12. The van der Waals surface area contributed by atoms with Crippen molar-refractivity contribution >= 4 is 23.1 Å². The van der Waals surface area contributed by atoms with E-state index in [2.05, 4.69) is 10.3 Å². The summed E-state index contributed by atoms with van der Waals surface area (Å²) < 4.78 is 40.0. The van der Waals surface area contributed by atoms with Gasteiger partial charge in [0.1, 0.15) is 18.0 Å². The molecule has 1 N–H and O–H groups in total. The SMILES string of the molecule is N#CC(C#N)=C(N=C(Nc1ccccc1)c1ccccc1Cl)C(F)(F)F. The summed E-state index contributed by atoms with van der Waals surface area (Å²) >= 11 is 6.08. The van der Waals surface area contributed by atoms with E-state index in [0.717, 1.165) is 0 Å². The van der Waals surface area contributed by atoms with Crippen LogP contribution in [0, 0.1) is 22.7 Å². The zero-order valence-electron chi connectivity index (χ0n) is 13.0. The third-order valence-corrected chi connectivity index (χ3v) is 3.45. The predicted octanol–water partition coefficient (Wildman–Crippen LogP) is 5.06. The first kappa shape index (κ1) is 19.0. The van der Waals surface area contributed by atoms with Gasteiger partial charge in [-0.15, -0.1) is 0 Å². The first-order chi connectivity index (χ1) is 12.4. The topological polar surface area (TPSA) is 72.0 Å². The molecule has 0 aliphatic heterocycles. The molecule has 0 unspecified atom stereocenters. The number of nitrogens with zero attached hydrogens (tertiary/aromatic N) is 3. The minimum atomic E-state index is -4.99. The maximum atomic E-state index is 13.3. The number of alkyl halides is 3. The van der Waals surface area contributed by atoms with E-state index in [1.54, 1.807) is 42.5 Å². The molecule has 0 amide bonds. The Labute approximate surface area is 152 Å². The molecule has 0 atom stereocenters. The number of aliphatic imine (C=N–C) groups is 1. The van der Waals surface area contributed by atoms with Gasteiger partial charge in [-0.05, 0) is 24.3 Å². The van der Waals surface area contributed by atoms with E-state index in [1.807, 2.05) is 0 Å². The Morgan fingerprint density at radius 2 is 1.54 bits per heavy atom. The Morgan fingerprint density at radius 3 is 2.08 bits per heavy atom. The van der Waals surface area contributed by atoms with Crippen LogP contribution in [0.4, 0.5) is 18.9 Å². The van der Waals surface area contributed by atoms with E-state index < -0.39 is 17.4 Å². The Bertz CT molecular complexity index is 919. The fourth-order valence-electron chi connectivity index (χ4n) is 1.97. The fourth-order valence-corrected chi connectivity index (χ4v) is 2.20. The van der Waals surface area contributed by atoms with Crippen molar-refractivity contribution < 1.29 is 13.2 Å². The highest BCUT2D eigenvalue weighted by Gasteiger charge is 2.38. The number of hydrogen-bond donors (Lipinski definition) is 1. The van der Waals surface area contributed by atoms with E-state index in [9.17, 15) is 13.2 Å². The summed E-state index contributed by atoms with van der Waals surface area (Å²) in [5.41, 5.74) is -2.09. The summed E-state index contributed by atoms with van der Waals surface area (Å²) in [5.74, 6) is -0.239. The lowest BCUT2D eigenvalue weighted by Crippen LogP contribution is -2.19. The van der Waals surface area contributed by atoms with Gasteiger partial charge in [-0.3, -0.25) is 0 Å². The van der Waals surface area contributed by atoms with Crippen LogP contribution in [0.15, 0.2) is 70.9 Å². The van der Waals surface area contributed by atoms with Crippen LogP contribution in [0.25, 0.3) is 0 Å². The molecule has 0 fully saturated rings. The second kappa shape index (κ2) is 8.19. The second-order valence-electron chi connectivity index (χ2n) is 4.88. The van der Waals surface area contributed by atoms with Gasteiger partial charge >= 0.3 is 6.18 Å². The van der Waals surface area contributed by atoms with Crippen LogP contribution in [-0.2, 0) is 0 Å². The molecule has 0 radical (unpaired) electrons. The number of amidine groups is 1. The minimum absolute atomic E-state index is 0.159. The number of anilines is 1. The quantitative estimate of drug-likeness (QED) is 0.463. The zero-order chi connectivity index (χ0) is 19.2. The van der Waals surface area contributed by atoms with Crippen LogP contribution in [0.5, 0.6) is 0 Å². The summed E-state index contributed by atoms with van der Waals surface area (Å²) in [5, 5.41) is 20.6. The molecule has 0 saturated carbocycles. The van der Waals surface area contributed by atoms with E-state index in [-0.39, 0.29) is 16.4 Å². The molecule has 8 heteroatoms. The molecule has 0 aliphatic rings. The number of hydrogen-bond acceptors (Lipinski definition) is 3. The summed E-state index contributed by atoms with van der Waals surface area (Å²) in [7, 11) is 0. The Kier molecular flexibility index (Phi) is 6.00. The highest BCUT2D eigenvalue weighted by molar-refractivity contribution is 6.34. The zero-order valence-corrected chi connectivity index (χ0v) is 13.8. The first-order valence-electron chi connectivity index (χ1n) is 7.14. The number of benzene rings is 2. The van der Waals surface area contributed by atoms with Crippen LogP contribution < -0.4 is 5.32 Å². The summed E-state index contributed by atoms with van der Waals surface area (Å²) in [4.78, 5) is 3.55. The molecule has 0 saturated heterocycles. The molecule has 0 aliphatic carbocycles. The van der Waals surface area contributed by atoms with Crippen molar-refractivity contribution in [1.82, 2.24) is 0 Å². The number of allylic oxidation sites excluding steroid dienone is 2. The lowest BCUT2D eigenvalue weighted by molar-refractivity contribution is -0.0926. The van der Waals surface area contributed by atoms with Gasteiger partial charge in [0.25, 0.3) is 0 Å². The summed E-state index contributed by atoms with van der Waals surface area (Å²) in [6, 6.07) is 17.0. The predicted molar refractivity (Wildman–Crippen MR) is 92.4 cm³/mol. The summed E-state index contributed by atoms with van der Waals surface area (Å²) in [6.07, 6.45) is -4.99. The van der Waals surface area contributed by atoms with Gasteiger partial charge in [0.15, 0.2) is 11.3 Å². The van der Waals surface area contributed by atoms with Crippen molar-refractivity contribution in [3.8, 4) is 12.1 Å². The van der Waals surface area contributed by atoms with Crippen LogP contribution in [0.1, 0.15) is 5.56 Å². The number of rotatable bonds is 3. The highest BCUT2D eigenvalue weighted by atomic mass is 35.5. The van der Waals surface area contributed by atoms with Crippen LogP contribution in [0.2, 0.25) is 5.02 Å². The van der Waals surface area contributed by atoms with Gasteiger partial charge in [0, 0.05) is 11.3 Å². The van der Waals surface area contributed by atoms with Crippen LogP contribution in [-0.4, -0.2) is 12.0 Å². The van der Waals surface area contributed by atoms with Gasteiger partial charge in [-0.1, -0.05) is 41.9 Å². The van der Waals surface area contributed by atoms with E-state index >= 15 is 0 Å². The maximum Gasteiger partial charge on any atom is 0.435 e. The molecular weight excluding hydrogens is 365 g/mol. The summed E-state index contributed by atoms with van der Waals surface area (Å²) in [6.45, 7) is 0. The normalized spacial score (nSPS) is 11.2. The van der Waals surface area contributed by atoms with Crippen molar-refractivity contribution in [2.45, 2.75) is 6.18 Å². The van der Waals surface area contributed by atoms with Crippen LogP contribution >= 0.6 is 11.6 Å². The van der Waals surface area contributed by atoms with E-state index in [1.165, 1.54) is 24.3 Å². The Morgan fingerprint density at radius 1 is 0.962 bits per heavy atom. The van der Waals surface area contributed by atoms with Crippen molar-refractivity contribution in [1.29, 1.82) is 10.5 Å². The van der Waals surface area contributed by atoms with Crippen LogP contribution in [0.3, 0.4) is 0 Å². The molecule has 2 rings (SSSR count). The molecule has 0 heterocycles. The Balaban J connectivity index is 2.68. The number of nitrogens with one attached hydrogen (secondary N) is 1. The molecule has 4 nitrogen and oxygen atoms in total. The van der Waals surface area contributed by atoms with Crippen molar-refractivity contribution in [3.63, 3.8) is 0 Å². The monoisotopic (exact) mass is 374 g/mol. The largest absolute Gasteiger partial charge is 0.435 e. The number of halogens is 4. The minimum Gasteiger partial charge on any atom is -0.340 e. The Hall–Kier alpha value is -3.29. The molecule has 2 aromatic carbocycles. The van der Waals surface area contributed by atoms with Crippen molar-refractivity contribution in [2.75, 3.05) is 5.32 Å². The maximum absolute atomic E-state index is 13.3. The average molecular weight is 375 g/mol. The first-order valence-corrected chi connectivity index (χ1v) is 7.52. The molecule has 0 aromatic heterocycles. The smallest absolute Gasteiger partial charge is 0.340 e. The van der Waals surface area contributed by atoms with E-state index in [0.29, 0.717) is 5.69 Å². The van der Waals surface area contributed by atoms with Gasteiger partial charge in [0.05, 0.1) is 5.02 Å². The highest BCUT2D eigenvalue weighted by Crippen LogP contribution is 2.30. The van der Waals surface area contributed by atoms with E-state index in [4.69, 9.17) is 22.1 Å². The van der Waals surface area contributed by atoms with Gasteiger partial charge in [0.2, 0.25) is 0 Å². The average Bonchev–Trinajstić information content (AvgIpc) is 2.61. The number of para-hydroxylation sites is 1. The lowest BCUT2D eigenvalue weighted by atomic mass is 10.1. The molecular formula is C18H10ClF3N4. The lowest BCUT2D eigenvalue weighted by Gasteiger charge is -2.14. The number of nitriles is 2. The molecule has 26 heavy (non-hydrogen) atoms. The van der Waals surface area contributed by atoms with Crippen molar-refractivity contribution in [2.24, 2.45) is 4.99 Å². The molecule has 0 spiro atoms. The molecule has 130 valence electrons. The third kappa shape index (κ3) is 4.62. The van der Waals surface area contributed by atoms with Gasteiger partial charge < -0.3 is 5.32 Å². The standard InChI is InChI=1S/C18H10ClF3N4/c19-15-9-5-4-8-14(15)17(25-13-6-2-1-3-7-13)26-16(18(20,21)22)12(10-23)11-24/h1-9H,(H,25,26). The second-order valence-corrected chi connectivity index (χ2v) is 5.28. The van der Waals surface area contributed by atoms with Gasteiger partial charge in [-0.25, -0.2) is 4.99 Å².